The smallest absolute Gasteiger partial charge is 0.266 e. The number of pyridine rings is 1. The zero-order valence-corrected chi connectivity index (χ0v) is 15.4. The molecule has 0 aromatic carbocycles. The Hall–Kier alpha value is -1.57. The van der Waals surface area contributed by atoms with Crippen molar-refractivity contribution in [3.05, 3.63) is 35.8 Å². The fourth-order valence-electron chi connectivity index (χ4n) is 2.13. The normalized spacial score (nSPS) is 16.6. The Labute approximate surface area is 149 Å². The molecule has 2 N–H and O–H groups in total. The highest BCUT2D eigenvalue weighted by Gasteiger charge is 2.26. The van der Waals surface area contributed by atoms with Crippen LogP contribution in [0.4, 0.5) is 5.82 Å². The van der Waals surface area contributed by atoms with Crippen LogP contribution in [0.1, 0.15) is 0 Å². The van der Waals surface area contributed by atoms with Gasteiger partial charge in [-0.1, -0.05) is 6.07 Å². The molecule has 136 valence electrons. The molecule has 12 heteroatoms. The predicted octanol–water partition coefficient (Wildman–Crippen LogP) is 0.469. The van der Waals surface area contributed by atoms with Crippen molar-refractivity contribution < 1.29 is 21.6 Å². The molecule has 0 saturated carbocycles. The van der Waals surface area contributed by atoms with Crippen molar-refractivity contribution in [3.8, 4) is 0 Å². The van der Waals surface area contributed by atoms with E-state index in [9.17, 15) is 16.8 Å². The van der Waals surface area contributed by atoms with Crippen LogP contribution in [-0.4, -0.2) is 52.4 Å². The fraction of sp³-hybridized carbons (Fsp3) is 0.308. The van der Waals surface area contributed by atoms with Gasteiger partial charge in [-0.15, -0.1) is 16.2 Å². The van der Waals surface area contributed by atoms with Gasteiger partial charge in [0.25, 0.3) is 10.0 Å². The van der Waals surface area contributed by atoms with Gasteiger partial charge >= 0.3 is 0 Å². The largest absolute Gasteiger partial charge is 0.379 e. The molecule has 0 spiro atoms. The molecule has 3 heterocycles. The third-order valence-electron chi connectivity index (χ3n) is 3.42. The van der Waals surface area contributed by atoms with Crippen molar-refractivity contribution in [2.24, 2.45) is 0 Å². The van der Waals surface area contributed by atoms with E-state index < -0.39 is 20.0 Å². The zero-order chi connectivity index (χ0) is 17.9. The summed E-state index contributed by atoms with van der Waals surface area (Å²) in [4.78, 5) is 6.19. The van der Waals surface area contributed by atoms with Gasteiger partial charge in [0.1, 0.15) is 14.9 Å². The second-order valence-corrected chi connectivity index (χ2v) is 9.85. The number of hydrazine groups is 1. The molecule has 0 amide bonds. The summed E-state index contributed by atoms with van der Waals surface area (Å²) in [6, 6.07) is 5.87. The van der Waals surface area contributed by atoms with Crippen molar-refractivity contribution in [3.63, 3.8) is 0 Å². The fourth-order valence-corrected chi connectivity index (χ4v) is 5.33. The number of thiophene rings is 1. The van der Waals surface area contributed by atoms with Gasteiger partial charge in [0.2, 0.25) is 10.0 Å². The lowest BCUT2D eigenvalue weighted by Gasteiger charge is -2.25. The van der Waals surface area contributed by atoms with Crippen molar-refractivity contribution in [2.75, 3.05) is 31.7 Å². The molecule has 3 rings (SSSR count). The van der Waals surface area contributed by atoms with Crippen molar-refractivity contribution in [1.82, 2.24) is 14.1 Å². The molecule has 0 aliphatic carbocycles. The van der Waals surface area contributed by atoms with Crippen molar-refractivity contribution >= 4 is 37.2 Å². The molecule has 1 aliphatic rings. The van der Waals surface area contributed by atoms with Crippen LogP contribution >= 0.6 is 11.3 Å². The third-order valence-corrected chi connectivity index (χ3v) is 7.94. The molecule has 2 aromatic heterocycles. The maximum atomic E-state index is 12.5. The van der Waals surface area contributed by atoms with Gasteiger partial charge in [-0.05, 0) is 23.6 Å². The van der Waals surface area contributed by atoms with Gasteiger partial charge in [0.15, 0.2) is 0 Å². The van der Waals surface area contributed by atoms with E-state index in [1.807, 2.05) is 0 Å². The number of nitrogens with zero attached hydrogens (tertiary/aromatic N) is 2. The Bertz CT molecular complexity index is 905. The van der Waals surface area contributed by atoms with Gasteiger partial charge in [0, 0.05) is 19.3 Å². The number of aromatic nitrogens is 1. The number of hydrogen-bond donors (Lipinski definition) is 2. The van der Waals surface area contributed by atoms with Gasteiger partial charge in [-0.3, -0.25) is 5.43 Å². The van der Waals surface area contributed by atoms with Gasteiger partial charge in [-0.2, -0.15) is 4.31 Å². The lowest BCUT2D eigenvalue weighted by atomic mass is 10.5. The molecule has 1 fully saturated rings. The van der Waals surface area contributed by atoms with E-state index in [4.69, 9.17) is 4.74 Å². The molecule has 1 aliphatic heterocycles. The van der Waals surface area contributed by atoms with Crippen LogP contribution in [0.15, 0.2) is 44.9 Å². The Morgan fingerprint density at radius 2 is 1.88 bits per heavy atom. The second-order valence-electron chi connectivity index (χ2n) is 5.06. The van der Waals surface area contributed by atoms with Crippen molar-refractivity contribution in [2.45, 2.75) is 9.10 Å². The molecule has 2 aromatic rings. The number of ether oxygens (including phenoxy) is 1. The molecule has 0 radical (unpaired) electrons. The topological polar surface area (TPSA) is 118 Å². The van der Waals surface area contributed by atoms with Gasteiger partial charge in [0.05, 0.1) is 13.2 Å². The van der Waals surface area contributed by atoms with Crippen LogP contribution in [0.5, 0.6) is 0 Å². The van der Waals surface area contributed by atoms with E-state index >= 15 is 0 Å². The summed E-state index contributed by atoms with van der Waals surface area (Å²) in [7, 11) is -7.33. The average Bonchev–Trinajstić information content (AvgIpc) is 3.17. The molecule has 0 atom stereocenters. The molecule has 9 nitrogen and oxygen atoms in total. The van der Waals surface area contributed by atoms with Crippen LogP contribution in [0, 0.1) is 0 Å². The Kier molecular flexibility index (Phi) is 5.36. The number of nitrogens with one attached hydrogen (secondary N) is 2. The number of hydrogen-bond acceptors (Lipinski definition) is 8. The van der Waals surface area contributed by atoms with E-state index in [0.29, 0.717) is 26.3 Å². The third kappa shape index (κ3) is 4.16. The summed E-state index contributed by atoms with van der Waals surface area (Å²) in [5.41, 5.74) is 2.46. The van der Waals surface area contributed by atoms with E-state index in [0.717, 1.165) is 11.3 Å². The molecule has 25 heavy (non-hydrogen) atoms. The minimum atomic E-state index is -3.69. The zero-order valence-electron chi connectivity index (χ0n) is 13.0. The maximum absolute atomic E-state index is 12.5. The maximum Gasteiger partial charge on any atom is 0.266 e. The first kappa shape index (κ1) is 18.2. The van der Waals surface area contributed by atoms with Crippen LogP contribution in [-0.2, 0) is 24.8 Å². The standard InChI is InChI=1S/C13H16N4O5S3/c18-24(19,13-2-1-9-23-13)16-15-12-4-3-11(10-14-12)25(20,21)17-5-7-22-8-6-17/h1-4,9-10,16H,5-8H2,(H,14,15). The summed E-state index contributed by atoms with van der Waals surface area (Å²) in [5.74, 6) is 0.182. The van der Waals surface area contributed by atoms with Crippen molar-refractivity contribution in [1.29, 1.82) is 0 Å². The van der Waals surface area contributed by atoms with Crippen LogP contribution in [0.2, 0.25) is 0 Å². The van der Waals surface area contributed by atoms with Gasteiger partial charge in [-0.25, -0.2) is 21.8 Å². The summed E-state index contributed by atoms with van der Waals surface area (Å²) >= 11 is 1.08. The van der Waals surface area contributed by atoms with Crippen LogP contribution in [0.3, 0.4) is 0 Å². The first-order chi connectivity index (χ1) is 11.9. The Morgan fingerprint density at radius 3 is 2.48 bits per heavy atom. The van der Waals surface area contributed by atoms with Crippen LogP contribution < -0.4 is 10.3 Å². The number of rotatable bonds is 6. The lowest BCUT2D eigenvalue weighted by molar-refractivity contribution is 0.0730. The lowest BCUT2D eigenvalue weighted by Crippen LogP contribution is -2.40. The highest BCUT2D eigenvalue weighted by molar-refractivity contribution is 7.91. The molecule has 0 unspecified atom stereocenters. The quantitative estimate of drug-likeness (QED) is 0.672. The first-order valence-corrected chi connectivity index (χ1v) is 11.1. The second kappa shape index (κ2) is 7.35. The highest BCUT2D eigenvalue weighted by atomic mass is 32.2. The summed E-state index contributed by atoms with van der Waals surface area (Å²) in [6.45, 7) is 1.31. The monoisotopic (exact) mass is 404 g/mol. The molecule has 1 saturated heterocycles. The average molecular weight is 404 g/mol. The number of sulfonamides is 2. The highest BCUT2D eigenvalue weighted by Crippen LogP contribution is 2.18. The molecular weight excluding hydrogens is 388 g/mol. The minimum absolute atomic E-state index is 0.0427. The van der Waals surface area contributed by atoms with E-state index in [1.165, 1.54) is 28.7 Å². The van der Waals surface area contributed by atoms with E-state index in [-0.39, 0.29) is 14.9 Å². The Morgan fingerprint density at radius 1 is 1.12 bits per heavy atom. The minimum Gasteiger partial charge on any atom is -0.379 e. The number of morpholine rings is 1. The Balaban J connectivity index is 1.68. The van der Waals surface area contributed by atoms with Gasteiger partial charge < -0.3 is 4.74 Å². The van der Waals surface area contributed by atoms with Crippen LogP contribution in [0.25, 0.3) is 0 Å². The SMILES string of the molecule is O=S(=O)(NNc1ccc(S(=O)(=O)N2CCOCC2)cn1)c1cccs1. The first-order valence-electron chi connectivity index (χ1n) is 7.25. The predicted molar refractivity (Wildman–Crippen MR) is 92.1 cm³/mol. The molecule has 0 bridgehead atoms. The van der Waals surface area contributed by atoms with E-state index in [2.05, 4.69) is 15.2 Å². The molecular formula is C13H16N4O5S3. The summed E-state index contributed by atoms with van der Waals surface area (Å²) < 4.78 is 55.6. The number of anilines is 1. The van der Waals surface area contributed by atoms with E-state index in [1.54, 1.807) is 11.4 Å². The summed E-state index contributed by atoms with van der Waals surface area (Å²) in [6.07, 6.45) is 1.19. The summed E-state index contributed by atoms with van der Waals surface area (Å²) in [5, 5.41) is 1.65.